The van der Waals surface area contributed by atoms with Gasteiger partial charge in [0.1, 0.15) is 11.3 Å². The molecule has 0 spiro atoms. The van der Waals surface area contributed by atoms with Gasteiger partial charge in [-0.2, -0.15) is 0 Å². The highest BCUT2D eigenvalue weighted by Crippen LogP contribution is 2.42. The summed E-state index contributed by atoms with van der Waals surface area (Å²) in [6.07, 6.45) is 0.214. The summed E-state index contributed by atoms with van der Waals surface area (Å²) >= 11 is 0. The third-order valence-electron chi connectivity index (χ3n) is 4.38. The van der Waals surface area contributed by atoms with E-state index in [-0.39, 0.29) is 17.8 Å². The normalized spacial score (nSPS) is 19.7. The van der Waals surface area contributed by atoms with Crippen LogP contribution in [0, 0.1) is 0 Å². The van der Waals surface area contributed by atoms with Crippen LogP contribution in [0.4, 0.5) is 0 Å². The number of para-hydroxylation sites is 1. The molecule has 4 nitrogen and oxygen atoms in total. The molecule has 24 heavy (non-hydrogen) atoms. The Balaban J connectivity index is 1.95. The molecule has 1 aliphatic heterocycles. The van der Waals surface area contributed by atoms with E-state index in [1.165, 1.54) is 0 Å². The molecule has 1 aromatic heterocycles. The minimum absolute atomic E-state index is 0.104. The van der Waals surface area contributed by atoms with E-state index in [1.54, 1.807) is 6.07 Å². The first kappa shape index (κ1) is 15.0. The third-order valence-corrected chi connectivity index (χ3v) is 4.38. The molecule has 4 rings (SSSR count). The van der Waals surface area contributed by atoms with E-state index < -0.39 is 0 Å². The van der Waals surface area contributed by atoms with Gasteiger partial charge in [-0.05, 0) is 24.6 Å². The van der Waals surface area contributed by atoms with E-state index in [0.717, 1.165) is 10.9 Å². The summed E-state index contributed by atoms with van der Waals surface area (Å²) in [5.41, 5.74) is 1.84. The predicted molar refractivity (Wildman–Crippen MR) is 91.4 cm³/mol. The van der Waals surface area contributed by atoms with E-state index in [0.29, 0.717) is 29.9 Å². The average molecular weight is 322 g/mol. The molecule has 0 unspecified atom stereocenters. The predicted octanol–water partition coefficient (Wildman–Crippen LogP) is 4.07. The fraction of sp³-hybridized carbons (Fsp3) is 0.250. The van der Waals surface area contributed by atoms with Crippen molar-refractivity contribution in [2.75, 3.05) is 6.61 Å². The lowest BCUT2D eigenvalue weighted by molar-refractivity contribution is -0.0889. The molecule has 0 saturated heterocycles. The lowest BCUT2D eigenvalue weighted by Gasteiger charge is -2.31. The second-order valence-corrected chi connectivity index (χ2v) is 5.83. The van der Waals surface area contributed by atoms with Crippen molar-refractivity contribution in [3.63, 3.8) is 0 Å². The summed E-state index contributed by atoms with van der Waals surface area (Å²) in [6.45, 7) is 2.49. The standard InChI is InChI=1S/C20H18O4/c1-2-22-17-12-15(13-8-4-3-5-9-13)18-19(24-17)14-10-6-7-11-16(14)23-20(18)21/h3-11,15,17H,2,12H2,1H3/t15-,17+/m1/s1. The second-order valence-electron chi connectivity index (χ2n) is 5.83. The Labute approximate surface area is 139 Å². The molecule has 0 amide bonds. The first-order chi connectivity index (χ1) is 11.8. The molecular formula is C20H18O4. The maximum atomic E-state index is 12.6. The van der Waals surface area contributed by atoms with Gasteiger partial charge in [0.25, 0.3) is 0 Å². The maximum Gasteiger partial charge on any atom is 0.343 e. The fourth-order valence-corrected chi connectivity index (χ4v) is 3.33. The molecule has 2 aromatic carbocycles. The zero-order valence-electron chi connectivity index (χ0n) is 13.4. The average Bonchev–Trinajstić information content (AvgIpc) is 2.62. The largest absolute Gasteiger partial charge is 0.464 e. The van der Waals surface area contributed by atoms with Gasteiger partial charge in [-0.15, -0.1) is 0 Å². The van der Waals surface area contributed by atoms with E-state index in [1.807, 2.05) is 55.5 Å². The van der Waals surface area contributed by atoms with Crippen molar-refractivity contribution >= 4 is 11.0 Å². The van der Waals surface area contributed by atoms with Crippen LogP contribution in [0.25, 0.3) is 11.0 Å². The van der Waals surface area contributed by atoms with Gasteiger partial charge in [-0.1, -0.05) is 42.5 Å². The lowest BCUT2D eigenvalue weighted by atomic mass is 9.86. The molecule has 1 aliphatic rings. The van der Waals surface area contributed by atoms with Crippen LogP contribution in [0.3, 0.4) is 0 Å². The number of benzene rings is 2. The third kappa shape index (κ3) is 2.49. The van der Waals surface area contributed by atoms with Gasteiger partial charge in [-0.3, -0.25) is 0 Å². The van der Waals surface area contributed by atoms with Crippen molar-refractivity contribution in [3.8, 4) is 5.75 Å². The minimum Gasteiger partial charge on any atom is -0.464 e. The first-order valence-corrected chi connectivity index (χ1v) is 8.17. The van der Waals surface area contributed by atoms with Gasteiger partial charge in [-0.25, -0.2) is 4.79 Å². The van der Waals surface area contributed by atoms with Crippen molar-refractivity contribution in [2.24, 2.45) is 0 Å². The highest BCUT2D eigenvalue weighted by molar-refractivity contribution is 5.85. The summed E-state index contributed by atoms with van der Waals surface area (Å²) in [5, 5.41) is 0.803. The Morgan fingerprint density at radius 1 is 1.08 bits per heavy atom. The van der Waals surface area contributed by atoms with E-state index in [4.69, 9.17) is 13.9 Å². The van der Waals surface area contributed by atoms with Gasteiger partial charge in [0.2, 0.25) is 6.29 Å². The molecule has 0 fully saturated rings. The molecule has 0 saturated carbocycles. The van der Waals surface area contributed by atoms with Gasteiger partial charge >= 0.3 is 5.63 Å². The van der Waals surface area contributed by atoms with Crippen LogP contribution in [-0.4, -0.2) is 12.9 Å². The van der Waals surface area contributed by atoms with Crippen molar-refractivity contribution in [1.29, 1.82) is 0 Å². The van der Waals surface area contributed by atoms with Gasteiger partial charge in [0, 0.05) is 18.9 Å². The number of hydrogen-bond donors (Lipinski definition) is 0. The van der Waals surface area contributed by atoms with Crippen molar-refractivity contribution in [1.82, 2.24) is 0 Å². The van der Waals surface area contributed by atoms with Crippen LogP contribution in [0.1, 0.15) is 30.4 Å². The Bertz CT molecular complexity index is 914. The summed E-state index contributed by atoms with van der Waals surface area (Å²) in [4.78, 5) is 12.6. The van der Waals surface area contributed by atoms with Crippen molar-refractivity contribution in [2.45, 2.75) is 25.6 Å². The number of fused-ring (bicyclic) bond motifs is 3. The fourth-order valence-electron chi connectivity index (χ4n) is 3.33. The van der Waals surface area contributed by atoms with Crippen LogP contribution >= 0.6 is 0 Å². The van der Waals surface area contributed by atoms with Crippen molar-refractivity contribution < 1.29 is 13.9 Å². The minimum atomic E-state index is -0.377. The Hall–Kier alpha value is -2.59. The summed E-state index contributed by atoms with van der Waals surface area (Å²) in [6, 6.07) is 17.4. The number of ether oxygens (including phenoxy) is 2. The SMILES string of the molecule is CCO[C@@H]1C[C@H](c2ccccc2)c2c(c3ccccc3oc2=O)O1. The Kier molecular flexibility index (Phi) is 3.82. The molecule has 0 N–H and O–H groups in total. The molecule has 3 aromatic rings. The van der Waals surface area contributed by atoms with E-state index >= 15 is 0 Å². The quantitative estimate of drug-likeness (QED) is 0.682. The lowest BCUT2D eigenvalue weighted by Crippen LogP contribution is -2.32. The summed E-state index contributed by atoms with van der Waals surface area (Å²) in [7, 11) is 0. The Morgan fingerprint density at radius 2 is 1.83 bits per heavy atom. The van der Waals surface area contributed by atoms with Crippen LogP contribution in [0.2, 0.25) is 0 Å². The molecule has 0 aliphatic carbocycles. The van der Waals surface area contributed by atoms with Crippen LogP contribution < -0.4 is 10.4 Å². The molecular weight excluding hydrogens is 304 g/mol. The number of hydrogen-bond acceptors (Lipinski definition) is 4. The zero-order valence-corrected chi connectivity index (χ0v) is 13.4. The highest BCUT2D eigenvalue weighted by Gasteiger charge is 2.34. The summed E-state index contributed by atoms with van der Waals surface area (Å²) in [5.74, 6) is 0.479. The van der Waals surface area contributed by atoms with Gasteiger partial charge in [0.15, 0.2) is 0 Å². The smallest absolute Gasteiger partial charge is 0.343 e. The van der Waals surface area contributed by atoms with E-state index in [2.05, 4.69) is 0 Å². The topological polar surface area (TPSA) is 48.7 Å². The van der Waals surface area contributed by atoms with Gasteiger partial charge < -0.3 is 13.9 Å². The van der Waals surface area contributed by atoms with Crippen LogP contribution in [0.15, 0.2) is 63.8 Å². The monoisotopic (exact) mass is 322 g/mol. The Morgan fingerprint density at radius 3 is 2.62 bits per heavy atom. The zero-order chi connectivity index (χ0) is 16.5. The summed E-state index contributed by atoms with van der Waals surface area (Å²) < 4.78 is 17.3. The number of rotatable bonds is 3. The van der Waals surface area contributed by atoms with Crippen LogP contribution in [0.5, 0.6) is 5.75 Å². The molecule has 0 bridgehead atoms. The highest BCUT2D eigenvalue weighted by atomic mass is 16.7. The molecule has 4 heteroatoms. The second kappa shape index (κ2) is 6.13. The van der Waals surface area contributed by atoms with Crippen molar-refractivity contribution in [3.05, 3.63) is 76.1 Å². The maximum absolute atomic E-state index is 12.6. The molecule has 2 atom stereocenters. The van der Waals surface area contributed by atoms with E-state index in [9.17, 15) is 4.79 Å². The molecule has 0 radical (unpaired) electrons. The first-order valence-electron chi connectivity index (χ1n) is 8.17. The van der Waals surface area contributed by atoms with Crippen LogP contribution in [-0.2, 0) is 4.74 Å². The van der Waals surface area contributed by atoms with Gasteiger partial charge in [0.05, 0.1) is 10.9 Å². The molecule has 2 heterocycles. The molecule has 122 valence electrons.